The second kappa shape index (κ2) is 9.13. The third kappa shape index (κ3) is 5.79. The van der Waals surface area contributed by atoms with Crippen molar-refractivity contribution in [3.05, 3.63) is 53.6 Å². The minimum Gasteiger partial charge on any atom is -0.330 e. The van der Waals surface area contributed by atoms with Crippen LogP contribution in [0.3, 0.4) is 0 Å². The number of aromatic nitrogens is 2. The number of anilines is 3. The molecule has 1 aromatic heterocycles. The average molecular weight is 464 g/mol. The van der Waals surface area contributed by atoms with Crippen LogP contribution in [0.25, 0.3) is 0 Å². The fourth-order valence-corrected chi connectivity index (χ4v) is 4.86. The highest BCUT2D eigenvalue weighted by molar-refractivity contribution is 8.02. The first kappa shape index (κ1) is 22.2. The van der Waals surface area contributed by atoms with Gasteiger partial charge in [0.2, 0.25) is 21.1 Å². The molecule has 0 aliphatic rings. The van der Waals surface area contributed by atoms with Crippen LogP contribution in [0.4, 0.5) is 16.5 Å². The summed E-state index contributed by atoms with van der Waals surface area (Å²) in [5.74, 6) is -0.234. The minimum absolute atomic E-state index is 0.0133. The maximum absolute atomic E-state index is 12.4. The highest BCUT2D eigenvalue weighted by atomic mass is 32.2. The number of aryl methyl sites for hydroxylation is 2. The Bertz CT molecular complexity index is 1160. The molecule has 0 saturated heterocycles. The summed E-state index contributed by atoms with van der Waals surface area (Å²) in [5, 5.41) is 19.5. The zero-order chi connectivity index (χ0) is 21.9. The molecule has 30 heavy (non-hydrogen) atoms. The minimum atomic E-state index is -3.77. The average Bonchev–Trinajstić information content (AvgIpc) is 3.11. The van der Waals surface area contributed by atoms with Crippen LogP contribution in [0.15, 0.2) is 51.7 Å². The van der Waals surface area contributed by atoms with Crippen molar-refractivity contribution in [2.45, 2.75) is 35.3 Å². The summed E-state index contributed by atoms with van der Waals surface area (Å²) in [4.78, 5) is 12.4. The fraction of sp³-hybridized carbons (Fsp3) is 0.211. The van der Waals surface area contributed by atoms with E-state index in [1.807, 2.05) is 25.1 Å². The Balaban J connectivity index is 1.58. The van der Waals surface area contributed by atoms with Crippen LogP contribution in [0.2, 0.25) is 0 Å². The normalized spacial score (nSPS) is 12.4. The number of thioether (sulfide) groups is 1. The van der Waals surface area contributed by atoms with Crippen LogP contribution >= 0.6 is 23.1 Å². The van der Waals surface area contributed by atoms with Gasteiger partial charge in [-0.15, -0.1) is 10.2 Å². The first-order valence-electron chi connectivity index (χ1n) is 8.90. The number of nitrogens with one attached hydrogen (secondary N) is 2. The Labute approximate surface area is 183 Å². The number of carbonyl (C=O) groups is 1. The summed E-state index contributed by atoms with van der Waals surface area (Å²) in [6.07, 6.45) is 0. The van der Waals surface area contributed by atoms with E-state index < -0.39 is 15.3 Å². The van der Waals surface area contributed by atoms with E-state index in [0.717, 1.165) is 5.69 Å². The van der Waals surface area contributed by atoms with Gasteiger partial charge in [-0.3, -0.25) is 4.79 Å². The lowest BCUT2D eigenvalue weighted by molar-refractivity contribution is -0.115. The van der Waals surface area contributed by atoms with Gasteiger partial charge in [-0.1, -0.05) is 29.2 Å². The van der Waals surface area contributed by atoms with E-state index in [0.29, 0.717) is 15.2 Å². The molecule has 0 saturated carbocycles. The Hall–Kier alpha value is -2.47. The molecule has 158 valence electrons. The number of primary sulfonamides is 1. The molecule has 0 bridgehead atoms. The molecule has 2 aromatic carbocycles. The topological polar surface area (TPSA) is 127 Å². The standard InChI is InChI=1S/C19H21N5O3S3/c1-11-4-5-15(10-12(11)2)22-18-23-24-19(29-18)28-13(3)17(25)21-14-6-8-16(9-7-14)30(20,26)27/h4-10,13H,1-3H3,(H,21,25)(H,22,23)(H2,20,26,27). The highest BCUT2D eigenvalue weighted by Gasteiger charge is 2.18. The Morgan fingerprint density at radius 3 is 2.37 bits per heavy atom. The molecule has 3 aromatic rings. The molecule has 1 unspecified atom stereocenters. The smallest absolute Gasteiger partial charge is 0.238 e. The molecule has 0 fully saturated rings. The van der Waals surface area contributed by atoms with Crippen molar-refractivity contribution in [1.29, 1.82) is 0 Å². The Morgan fingerprint density at radius 1 is 1.07 bits per heavy atom. The van der Waals surface area contributed by atoms with Gasteiger partial charge in [0.15, 0.2) is 4.34 Å². The SMILES string of the molecule is Cc1ccc(Nc2nnc(SC(C)C(=O)Nc3ccc(S(N)(=O)=O)cc3)s2)cc1C. The van der Waals surface area contributed by atoms with Crippen LogP contribution in [0.5, 0.6) is 0 Å². The van der Waals surface area contributed by atoms with Crippen molar-refractivity contribution >= 4 is 55.5 Å². The van der Waals surface area contributed by atoms with Crippen molar-refractivity contribution in [3.8, 4) is 0 Å². The Kier molecular flexibility index (Phi) is 6.76. The summed E-state index contributed by atoms with van der Waals surface area (Å²) in [7, 11) is -3.77. The molecule has 0 aliphatic carbocycles. The number of hydrogen-bond acceptors (Lipinski definition) is 8. The lowest BCUT2D eigenvalue weighted by Crippen LogP contribution is -2.22. The third-order valence-corrected chi connectivity index (χ3v) is 7.21. The zero-order valence-electron chi connectivity index (χ0n) is 16.5. The maximum atomic E-state index is 12.4. The van der Waals surface area contributed by atoms with E-state index in [1.165, 1.54) is 58.5 Å². The molecular weight excluding hydrogens is 442 g/mol. The van der Waals surface area contributed by atoms with Gasteiger partial charge in [-0.2, -0.15) is 0 Å². The van der Waals surface area contributed by atoms with Gasteiger partial charge in [0.25, 0.3) is 0 Å². The predicted molar refractivity (Wildman–Crippen MR) is 121 cm³/mol. The van der Waals surface area contributed by atoms with Gasteiger partial charge < -0.3 is 10.6 Å². The summed E-state index contributed by atoms with van der Waals surface area (Å²) in [6.45, 7) is 5.86. The van der Waals surface area contributed by atoms with Crippen LogP contribution < -0.4 is 15.8 Å². The largest absolute Gasteiger partial charge is 0.330 e. The van der Waals surface area contributed by atoms with E-state index in [-0.39, 0.29) is 10.8 Å². The highest BCUT2D eigenvalue weighted by Crippen LogP contribution is 2.31. The molecule has 0 spiro atoms. The number of nitrogens with two attached hydrogens (primary N) is 1. The lowest BCUT2D eigenvalue weighted by atomic mass is 10.1. The molecule has 1 atom stereocenters. The lowest BCUT2D eigenvalue weighted by Gasteiger charge is -2.10. The van der Waals surface area contributed by atoms with Crippen molar-refractivity contribution in [2.75, 3.05) is 10.6 Å². The number of benzene rings is 2. The number of sulfonamides is 1. The molecule has 1 amide bonds. The van der Waals surface area contributed by atoms with Gasteiger partial charge in [0, 0.05) is 11.4 Å². The van der Waals surface area contributed by atoms with E-state index in [1.54, 1.807) is 6.92 Å². The third-order valence-electron chi connectivity index (χ3n) is 4.26. The first-order valence-corrected chi connectivity index (χ1v) is 12.1. The predicted octanol–water partition coefficient (Wildman–Crippen LogP) is 3.67. The van der Waals surface area contributed by atoms with Crippen molar-refractivity contribution in [1.82, 2.24) is 10.2 Å². The monoisotopic (exact) mass is 463 g/mol. The van der Waals surface area contributed by atoms with Crippen LogP contribution in [-0.4, -0.2) is 29.8 Å². The molecule has 0 aliphatic heterocycles. The maximum Gasteiger partial charge on any atom is 0.238 e. The molecular formula is C19H21N5O3S3. The van der Waals surface area contributed by atoms with Crippen molar-refractivity contribution in [3.63, 3.8) is 0 Å². The number of carbonyl (C=O) groups excluding carboxylic acids is 1. The van der Waals surface area contributed by atoms with Gasteiger partial charge in [-0.25, -0.2) is 13.6 Å². The van der Waals surface area contributed by atoms with E-state index in [4.69, 9.17) is 5.14 Å². The van der Waals surface area contributed by atoms with Gasteiger partial charge in [0.1, 0.15) is 0 Å². The first-order chi connectivity index (χ1) is 14.1. The molecule has 11 heteroatoms. The summed E-state index contributed by atoms with van der Waals surface area (Å²) >= 11 is 2.66. The summed E-state index contributed by atoms with van der Waals surface area (Å²) in [5.41, 5.74) is 3.81. The van der Waals surface area contributed by atoms with Crippen LogP contribution in [-0.2, 0) is 14.8 Å². The van der Waals surface area contributed by atoms with E-state index in [2.05, 4.69) is 27.8 Å². The number of amides is 1. The van der Waals surface area contributed by atoms with Crippen LogP contribution in [0, 0.1) is 13.8 Å². The Morgan fingerprint density at radius 2 is 1.73 bits per heavy atom. The van der Waals surface area contributed by atoms with Crippen molar-refractivity contribution < 1.29 is 13.2 Å². The molecule has 3 rings (SSSR count). The van der Waals surface area contributed by atoms with Gasteiger partial charge in [0.05, 0.1) is 10.1 Å². The molecule has 1 heterocycles. The van der Waals surface area contributed by atoms with Gasteiger partial charge in [-0.05, 0) is 68.3 Å². The quantitative estimate of drug-likeness (QED) is 0.456. The van der Waals surface area contributed by atoms with Crippen LogP contribution in [0.1, 0.15) is 18.1 Å². The number of rotatable bonds is 7. The fourth-order valence-electron chi connectivity index (χ4n) is 2.43. The number of hydrogen-bond donors (Lipinski definition) is 3. The molecule has 4 N–H and O–H groups in total. The molecule has 0 radical (unpaired) electrons. The van der Waals surface area contributed by atoms with E-state index in [9.17, 15) is 13.2 Å². The summed E-state index contributed by atoms with van der Waals surface area (Å²) in [6, 6.07) is 11.7. The number of nitrogens with zero attached hydrogens (tertiary/aromatic N) is 2. The van der Waals surface area contributed by atoms with E-state index >= 15 is 0 Å². The van der Waals surface area contributed by atoms with Gasteiger partial charge >= 0.3 is 0 Å². The summed E-state index contributed by atoms with van der Waals surface area (Å²) < 4.78 is 23.3. The zero-order valence-corrected chi connectivity index (χ0v) is 19.0. The second-order valence-electron chi connectivity index (χ2n) is 6.62. The molecule has 8 nitrogen and oxygen atoms in total. The second-order valence-corrected chi connectivity index (χ2v) is 10.7. The van der Waals surface area contributed by atoms with Crippen molar-refractivity contribution in [2.24, 2.45) is 5.14 Å².